The van der Waals surface area contributed by atoms with E-state index >= 15 is 0 Å². The molecule has 0 saturated carbocycles. The van der Waals surface area contributed by atoms with E-state index in [-0.39, 0.29) is 11.3 Å². The third-order valence-electron chi connectivity index (χ3n) is 5.57. The summed E-state index contributed by atoms with van der Waals surface area (Å²) in [6.45, 7) is 1.06. The summed E-state index contributed by atoms with van der Waals surface area (Å²) in [6, 6.07) is 11.6. The molecule has 0 saturated heterocycles. The molecule has 3 heterocycles. The predicted octanol–water partition coefficient (Wildman–Crippen LogP) is 3.19. The van der Waals surface area contributed by atoms with Crippen molar-refractivity contribution in [3.63, 3.8) is 0 Å². The van der Waals surface area contributed by atoms with E-state index in [0.29, 0.717) is 18.5 Å². The van der Waals surface area contributed by atoms with Gasteiger partial charge in [-0.25, -0.2) is 0 Å². The highest BCUT2D eigenvalue weighted by molar-refractivity contribution is 7.98. The zero-order chi connectivity index (χ0) is 18.7. The fraction of sp³-hybridized carbons (Fsp3) is 0.238. The summed E-state index contributed by atoms with van der Waals surface area (Å²) in [7, 11) is 0. The maximum absolute atomic E-state index is 13.3. The average Bonchev–Trinajstić information content (AvgIpc) is 3.30. The van der Waals surface area contributed by atoms with Crippen molar-refractivity contribution in [3.05, 3.63) is 63.4 Å². The maximum Gasteiger partial charge on any atom is 0.267 e. The number of hydrogen-bond acceptors (Lipinski definition) is 4. The highest BCUT2D eigenvalue weighted by Crippen LogP contribution is 2.37. The SMILES string of the molecule is CSc1cc2c3c(c1)c(O)c(C(=O)N1CCc4ccccc41)c(=O)n3CC2. The average molecular weight is 378 g/mol. The minimum atomic E-state index is -0.420. The highest BCUT2D eigenvalue weighted by atomic mass is 32.2. The lowest BCUT2D eigenvalue weighted by Crippen LogP contribution is -2.35. The molecule has 0 fully saturated rings. The minimum absolute atomic E-state index is 0.120. The summed E-state index contributed by atoms with van der Waals surface area (Å²) >= 11 is 1.59. The third-order valence-corrected chi connectivity index (χ3v) is 6.28. The monoisotopic (exact) mass is 378 g/mol. The number of hydrogen-bond donors (Lipinski definition) is 1. The molecule has 136 valence electrons. The van der Waals surface area contributed by atoms with Crippen molar-refractivity contribution in [1.82, 2.24) is 4.57 Å². The summed E-state index contributed by atoms with van der Waals surface area (Å²) in [5.74, 6) is -0.615. The normalized spacial score (nSPS) is 14.8. The summed E-state index contributed by atoms with van der Waals surface area (Å²) in [4.78, 5) is 29.0. The van der Waals surface area contributed by atoms with E-state index in [0.717, 1.165) is 40.1 Å². The van der Waals surface area contributed by atoms with Crippen molar-refractivity contribution in [2.75, 3.05) is 17.7 Å². The van der Waals surface area contributed by atoms with Crippen LogP contribution in [0.1, 0.15) is 21.5 Å². The van der Waals surface area contributed by atoms with Gasteiger partial charge in [-0.15, -0.1) is 11.8 Å². The van der Waals surface area contributed by atoms with Gasteiger partial charge in [0.15, 0.2) is 0 Å². The second-order valence-corrected chi connectivity index (χ2v) is 7.83. The highest BCUT2D eigenvalue weighted by Gasteiger charge is 2.32. The van der Waals surface area contributed by atoms with Gasteiger partial charge in [-0.3, -0.25) is 9.59 Å². The molecule has 27 heavy (non-hydrogen) atoms. The first kappa shape index (κ1) is 16.4. The molecule has 3 aromatic rings. The number of fused-ring (bicyclic) bond motifs is 1. The molecule has 5 nitrogen and oxygen atoms in total. The number of nitrogens with zero attached hydrogens (tertiary/aromatic N) is 2. The lowest BCUT2D eigenvalue weighted by molar-refractivity contribution is 0.0985. The van der Waals surface area contributed by atoms with Crippen molar-refractivity contribution in [3.8, 4) is 5.75 Å². The van der Waals surface area contributed by atoms with Crippen LogP contribution in [0.15, 0.2) is 46.1 Å². The van der Waals surface area contributed by atoms with Gasteiger partial charge in [0.1, 0.15) is 11.3 Å². The van der Waals surface area contributed by atoms with Crippen LogP contribution in [0.5, 0.6) is 5.75 Å². The van der Waals surface area contributed by atoms with Gasteiger partial charge in [0, 0.05) is 29.1 Å². The van der Waals surface area contributed by atoms with Gasteiger partial charge >= 0.3 is 0 Å². The Balaban J connectivity index is 1.74. The number of rotatable bonds is 2. The van der Waals surface area contributed by atoms with E-state index < -0.39 is 11.5 Å². The number of carbonyl (C=O) groups excluding carboxylic acids is 1. The molecule has 2 aromatic carbocycles. The molecule has 0 atom stereocenters. The van der Waals surface area contributed by atoms with Gasteiger partial charge in [0.05, 0.1) is 5.52 Å². The van der Waals surface area contributed by atoms with E-state index in [9.17, 15) is 14.7 Å². The first-order valence-corrected chi connectivity index (χ1v) is 10.2. The van der Waals surface area contributed by atoms with Crippen LogP contribution in [0.25, 0.3) is 10.9 Å². The van der Waals surface area contributed by atoms with E-state index in [1.54, 1.807) is 21.2 Å². The van der Waals surface area contributed by atoms with Crippen LogP contribution in [0, 0.1) is 0 Å². The fourth-order valence-electron chi connectivity index (χ4n) is 4.27. The predicted molar refractivity (Wildman–Crippen MR) is 107 cm³/mol. The molecule has 2 aliphatic heterocycles. The number of thioether (sulfide) groups is 1. The van der Waals surface area contributed by atoms with Crippen molar-refractivity contribution in [2.45, 2.75) is 24.3 Å². The fourth-order valence-corrected chi connectivity index (χ4v) is 4.76. The summed E-state index contributed by atoms with van der Waals surface area (Å²) in [6.07, 6.45) is 3.47. The lowest BCUT2D eigenvalue weighted by atomic mass is 10.1. The van der Waals surface area contributed by atoms with Crippen LogP contribution in [-0.2, 0) is 19.4 Å². The first-order valence-electron chi connectivity index (χ1n) is 8.96. The Morgan fingerprint density at radius 2 is 1.89 bits per heavy atom. The number of benzene rings is 2. The molecule has 1 aromatic heterocycles. The second kappa shape index (κ2) is 5.89. The number of para-hydroxylation sites is 1. The summed E-state index contributed by atoms with van der Waals surface area (Å²) in [5.41, 5.74) is 3.20. The van der Waals surface area contributed by atoms with Gasteiger partial charge in [0.25, 0.3) is 11.5 Å². The van der Waals surface area contributed by atoms with Crippen LogP contribution in [0.2, 0.25) is 0 Å². The number of amides is 1. The maximum atomic E-state index is 13.3. The molecule has 0 radical (unpaired) electrons. The molecule has 5 rings (SSSR count). The zero-order valence-corrected chi connectivity index (χ0v) is 15.7. The van der Waals surface area contributed by atoms with Gasteiger partial charge in [-0.05, 0) is 48.4 Å². The molecule has 1 N–H and O–H groups in total. The van der Waals surface area contributed by atoms with Crippen molar-refractivity contribution >= 4 is 34.3 Å². The quantitative estimate of drug-likeness (QED) is 0.696. The van der Waals surface area contributed by atoms with Crippen LogP contribution in [0.4, 0.5) is 5.69 Å². The Morgan fingerprint density at radius 3 is 2.70 bits per heavy atom. The van der Waals surface area contributed by atoms with Gasteiger partial charge in [0.2, 0.25) is 0 Å². The summed E-state index contributed by atoms with van der Waals surface area (Å²) in [5, 5.41) is 11.5. The lowest BCUT2D eigenvalue weighted by Gasteiger charge is -2.19. The van der Waals surface area contributed by atoms with Crippen LogP contribution in [-0.4, -0.2) is 28.4 Å². The molecule has 0 bridgehead atoms. The molecular formula is C21H18N2O3S. The molecule has 1 amide bonds. The first-order chi connectivity index (χ1) is 13.1. The van der Waals surface area contributed by atoms with Crippen LogP contribution >= 0.6 is 11.8 Å². The number of aromatic nitrogens is 1. The number of anilines is 1. The molecular weight excluding hydrogens is 360 g/mol. The van der Waals surface area contributed by atoms with Crippen molar-refractivity contribution in [1.29, 1.82) is 0 Å². The smallest absolute Gasteiger partial charge is 0.267 e. The van der Waals surface area contributed by atoms with Crippen LogP contribution in [0.3, 0.4) is 0 Å². The third kappa shape index (κ3) is 2.26. The Labute approximate surface area is 160 Å². The topological polar surface area (TPSA) is 62.5 Å². The van der Waals surface area contributed by atoms with Gasteiger partial charge in [-0.1, -0.05) is 18.2 Å². The molecule has 6 heteroatoms. The number of carbonyl (C=O) groups is 1. The number of aromatic hydroxyl groups is 1. The zero-order valence-electron chi connectivity index (χ0n) is 14.9. The largest absolute Gasteiger partial charge is 0.506 e. The van der Waals surface area contributed by atoms with Crippen molar-refractivity contribution in [2.24, 2.45) is 0 Å². The summed E-state index contributed by atoms with van der Waals surface area (Å²) < 4.78 is 1.64. The molecule has 2 aliphatic rings. The minimum Gasteiger partial charge on any atom is -0.506 e. The Morgan fingerprint density at radius 1 is 1.11 bits per heavy atom. The van der Waals surface area contributed by atoms with E-state index in [2.05, 4.69) is 6.07 Å². The van der Waals surface area contributed by atoms with Gasteiger partial charge in [-0.2, -0.15) is 0 Å². The Kier molecular flexibility index (Phi) is 3.59. The molecule has 0 unspecified atom stereocenters. The standard InChI is InChI=1S/C21H18N2O3S/c1-27-14-10-13-7-9-23-18(13)15(11-14)19(24)17(21(23)26)20(25)22-8-6-12-4-2-3-5-16(12)22/h2-5,10-11,24H,6-9H2,1H3. The van der Waals surface area contributed by atoms with Crippen LogP contribution < -0.4 is 10.5 Å². The Hall–Kier alpha value is -2.73. The van der Waals surface area contributed by atoms with E-state index in [4.69, 9.17) is 0 Å². The van der Waals surface area contributed by atoms with E-state index in [1.807, 2.05) is 36.6 Å². The second-order valence-electron chi connectivity index (χ2n) is 6.95. The van der Waals surface area contributed by atoms with Crippen molar-refractivity contribution < 1.29 is 9.90 Å². The number of pyridine rings is 1. The van der Waals surface area contributed by atoms with E-state index in [1.165, 1.54) is 0 Å². The number of aryl methyl sites for hydroxylation is 2. The molecule has 0 aliphatic carbocycles. The molecule has 0 spiro atoms. The Bertz CT molecular complexity index is 1180. The van der Waals surface area contributed by atoms with Gasteiger partial charge < -0.3 is 14.6 Å².